The molecule has 0 fully saturated rings. The standard InChI is InChI=1S/C18H16N2O4/c1-12(17(21)20-15-5-3-4-6-16(15)23-2)24-18(22)14-9-7-13(11-19)8-10-14/h3-10,12H,1-2H3,(H,20,21)/t12-/m0/s1. The summed E-state index contributed by atoms with van der Waals surface area (Å²) in [6.45, 7) is 1.48. The van der Waals surface area contributed by atoms with E-state index < -0.39 is 18.0 Å². The Balaban J connectivity index is 2.00. The SMILES string of the molecule is COc1ccccc1NC(=O)[C@H](C)OC(=O)c1ccc(C#N)cc1. The van der Waals surface area contributed by atoms with Crippen molar-refractivity contribution in [3.63, 3.8) is 0 Å². The highest BCUT2D eigenvalue weighted by molar-refractivity contribution is 5.98. The number of benzene rings is 2. The second kappa shape index (κ2) is 7.79. The van der Waals surface area contributed by atoms with Crippen molar-refractivity contribution < 1.29 is 19.1 Å². The molecule has 122 valence electrons. The van der Waals surface area contributed by atoms with Gasteiger partial charge >= 0.3 is 5.97 Å². The maximum absolute atomic E-state index is 12.2. The number of carbonyl (C=O) groups is 2. The van der Waals surface area contributed by atoms with Crippen molar-refractivity contribution in [2.45, 2.75) is 13.0 Å². The van der Waals surface area contributed by atoms with E-state index in [9.17, 15) is 9.59 Å². The van der Waals surface area contributed by atoms with Gasteiger partial charge in [0.2, 0.25) is 0 Å². The van der Waals surface area contributed by atoms with Crippen molar-refractivity contribution in [2.24, 2.45) is 0 Å². The molecule has 0 spiro atoms. The number of para-hydroxylation sites is 2. The molecule has 0 bridgehead atoms. The van der Waals surface area contributed by atoms with Crippen LogP contribution in [0.1, 0.15) is 22.8 Å². The summed E-state index contributed by atoms with van der Waals surface area (Å²) in [5, 5.41) is 11.4. The summed E-state index contributed by atoms with van der Waals surface area (Å²) in [5.74, 6) is -0.597. The van der Waals surface area contributed by atoms with Crippen LogP contribution in [0.3, 0.4) is 0 Å². The minimum absolute atomic E-state index is 0.269. The predicted octanol–water partition coefficient (Wildman–Crippen LogP) is 2.75. The lowest BCUT2D eigenvalue weighted by atomic mass is 10.1. The molecule has 2 aromatic rings. The molecule has 2 rings (SSSR count). The minimum Gasteiger partial charge on any atom is -0.495 e. The van der Waals surface area contributed by atoms with Crippen molar-refractivity contribution in [1.82, 2.24) is 0 Å². The van der Waals surface area contributed by atoms with E-state index in [1.165, 1.54) is 38.3 Å². The molecule has 1 atom stereocenters. The average Bonchev–Trinajstić information content (AvgIpc) is 2.62. The highest BCUT2D eigenvalue weighted by Gasteiger charge is 2.20. The highest BCUT2D eigenvalue weighted by atomic mass is 16.5. The largest absolute Gasteiger partial charge is 0.495 e. The number of nitrogens with one attached hydrogen (secondary N) is 1. The van der Waals surface area contributed by atoms with Gasteiger partial charge in [-0.2, -0.15) is 5.26 Å². The molecular weight excluding hydrogens is 308 g/mol. The van der Waals surface area contributed by atoms with Crippen LogP contribution in [0.2, 0.25) is 0 Å². The average molecular weight is 324 g/mol. The molecule has 0 heterocycles. The zero-order valence-corrected chi connectivity index (χ0v) is 13.3. The Morgan fingerprint density at radius 1 is 1.12 bits per heavy atom. The third-order valence-electron chi connectivity index (χ3n) is 3.27. The zero-order valence-electron chi connectivity index (χ0n) is 13.3. The number of nitrogens with zero attached hydrogens (tertiary/aromatic N) is 1. The number of ether oxygens (including phenoxy) is 2. The van der Waals surface area contributed by atoms with Crippen LogP contribution in [-0.4, -0.2) is 25.1 Å². The molecule has 6 nitrogen and oxygen atoms in total. The molecule has 2 aromatic carbocycles. The van der Waals surface area contributed by atoms with Crippen molar-refractivity contribution in [1.29, 1.82) is 5.26 Å². The van der Waals surface area contributed by atoms with E-state index in [1.54, 1.807) is 24.3 Å². The number of hydrogen-bond acceptors (Lipinski definition) is 5. The molecule has 24 heavy (non-hydrogen) atoms. The Hall–Kier alpha value is -3.33. The second-order valence-corrected chi connectivity index (χ2v) is 4.93. The highest BCUT2D eigenvalue weighted by Crippen LogP contribution is 2.23. The second-order valence-electron chi connectivity index (χ2n) is 4.93. The number of nitriles is 1. The minimum atomic E-state index is -0.988. The lowest BCUT2D eigenvalue weighted by molar-refractivity contribution is -0.123. The topological polar surface area (TPSA) is 88.4 Å². The van der Waals surface area contributed by atoms with Crippen LogP contribution in [0.25, 0.3) is 0 Å². The molecule has 6 heteroatoms. The van der Waals surface area contributed by atoms with Gasteiger partial charge in [0.25, 0.3) is 5.91 Å². The first-order valence-electron chi connectivity index (χ1n) is 7.20. The molecule has 1 amide bonds. The molecule has 1 N–H and O–H groups in total. The number of anilines is 1. The summed E-state index contributed by atoms with van der Waals surface area (Å²) in [5.41, 5.74) is 1.20. The van der Waals surface area contributed by atoms with Gasteiger partial charge in [-0.15, -0.1) is 0 Å². The summed E-state index contributed by atoms with van der Waals surface area (Å²) < 4.78 is 10.3. The fraction of sp³-hybridized carbons (Fsp3) is 0.167. The fourth-order valence-corrected chi connectivity index (χ4v) is 1.95. The van der Waals surface area contributed by atoms with Gasteiger partial charge in [-0.1, -0.05) is 12.1 Å². The normalized spacial score (nSPS) is 11.0. The summed E-state index contributed by atoms with van der Waals surface area (Å²) in [6, 6.07) is 14.9. The van der Waals surface area contributed by atoms with Gasteiger partial charge in [-0.25, -0.2) is 4.79 Å². The monoisotopic (exact) mass is 324 g/mol. The quantitative estimate of drug-likeness (QED) is 0.854. The molecule has 0 aromatic heterocycles. The molecule has 0 saturated carbocycles. The number of rotatable bonds is 5. The molecule has 0 aliphatic heterocycles. The Bertz CT molecular complexity index is 778. The van der Waals surface area contributed by atoms with E-state index in [0.29, 0.717) is 17.0 Å². The first-order chi connectivity index (χ1) is 11.5. The maximum Gasteiger partial charge on any atom is 0.338 e. The van der Waals surface area contributed by atoms with Crippen molar-refractivity contribution >= 4 is 17.6 Å². The van der Waals surface area contributed by atoms with Crippen LogP contribution in [0, 0.1) is 11.3 Å². The molecule has 0 radical (unpaired) electrons. The Labute approximate surface area is 139 Å². The lowest BCUT2D eigenvalue weighted by Crippen LogP contribution is -2.30. The first-order valence-corrected chi connectivity index (χ1v) is 7.20. The number of esters is 1. The molecular formula is C18H16N2O4. The number of methoxy groups -OCH3 is 1. The summed E-state index contributed by atoms with van der Waals surface area (Å²) >= 11 is 0. The number of carbonyl (C=O) groups excluding carboxylic acids is 2. The van der Waals surface area contributed by atoms with Crippen LogP contribution in [0.15, 0.2) is 48.5 Å². The summed E-state index contributed by atoms with van der Waals surface area (Å²) in [7, 11) is 1.50. The number of amides is 1. The zero-order chi connectivity index (χ0) is 17.5. The van der Waals surface area contributed by atoms with E-state index in [2.05, 4.69) is 5.32 Å². The Kier molecular flexibility index (Phi) is 5.53. The van der Waals surface area contributed by atoms with E-state index in [0.717, 1.165) is 0 Å². The first kappa shape index (κ1) is 17.0. The summed E-state index contributed by atoms with van der Waals surface area (Å²) in [6.07, 6.45) is -0.988. The van der Waals surface area contributed by atoms with Crippen LogP contribution < -0.4 is 10.1 Å². The van der Waals surface area contributed by atoms with Gasteiger partial charge in [0.15, 0.2) is 6.10 Å². The predicted molar refractivity (Wildman–Crippen MR) is 87.7 cm³/mol. The van der Waals surface area contributed by atoms with Crippen molar-refractivity contribution in [2.75, 3.05) is 12.4 Å². The van der Waals surface area contributed by atoms with Crippen LogP contribution in [-0.2, 0) is 9.53 Å². The van der Waals surface area contributed by atoms with Gasteiger partial charge in [-0.05, 0) is 43.3 Å². The van der Waals surface area contributed by atoms with E-state index in [-0.39, 0.29) is 5.56 Å². The smallest absolute Gasteiger partial charge is 0.338 e. The van der Waals surface area contributed by atoms with E-state index >= 15 is 0 Å². The molecule has 0 unspecified atom stereocenters. The molecule has 0 aliphatic carbocycles. The van der Waals surface area contributed by atoms with Gasteiger partial charge < -0.3 is 14.8 Å². The van der Waals surface area contributed by atoms with Crippen molar-refractivity contribution in [3.8, 4) is 11.8 Å². The third kappa shape index (κ3) is 4.11. The summed E-state index contributed by atoms with van der Waals surface area (Å²) in [4.78, 5) is 24.2. The third-order valence-corrected chi connectivity index (χ3v) is 3.27. The van der Waals surface area contributed by atoms with Crippen LogP contribution >= 0.6 is 0 Å². The van der Waals surface area contributed by atoms with Gasteiger partial charge in [-0.3, -0.25) is 4.79 Å². The molecule has 0 saturated heterocycles. The number of hydrogen-bond donors (Lipinski definition) is 1. The maximum atomic E-state index is 12.2. The van der Waals surface area contributed by atoms with Crippen LogP contribution in [0.4, 0.5) is 5.69 Å². The van der Waals surface area contributed by atoms with E-state index in [4.69, 9.17) is 14.7 Å². The van der Waals surface area contributed by atoms with E-state index in [1.807, 2.05) is 6.07 Å². The fourth-order valence-electron chi connectivity index (χ4n) is 1.95. The molecule has 0 aliphatic rings. The Morgan fingerprint density at radius 2 is 1.79 bits per heavy atom. The lowest BCUT2D eigenvalue weighted by Gasteiger charge is -2.15. The Morgan fingerprint density at radius 3 is 2.42 bits per heavy atom. The van der Waals surface area contributed by atoms with Gasteiger partial charge in [0.05, 0.1) is 30.0 Å². The van der Waals surface area contributed by atoms with Gasteiger partial charge in [0, 0.05) is 0 Å². The van der Waals surface area contributed by atoms with Crippen LogP contribution in [0.5, 0.6) is 5.75 Å². The van der Waals surface area contributed by atoms with Crippen molar-refractivity contribution in [3.05, 3.63) is 59.7 Å². The van der Waals surface area contributed by atoms with Gasteiger partial charge in [0.1, 0.15) is 5.75 Å².